The van der Waals surface area contributed by atoms with Gasteiger partial charge in [0.1, 0.15) is 11.6 Å². The highest BCUT2D eigenvalue weighted by atomic mass is 35.5. The summed E-state index contributed by atoms with van der Waals surface area (Å²) in [5, 5.41) is 12.5. The van der Waals surface area contributed by atoms with Crippen LogP contribution in [0.1, 0.15) is 24.8 Å². The predicted octanol–water partition coefficient (Wildman–Crippen LogP) is 2.60. The number of aliphatic carboxylic acids is 1. The van der Waals surface area contributed by atoms with Crippen LogP contribution in [0.5, 0.6) is 0 Å². The minimum Gasteiger partial charge on any atom is -0.480 e. The molecule has 1 aliphatic rings. The van der Waals surface area contributed by atoms with Crippen molar-refractivity contribution in [3.63, 3.8) is 0 Å². The van der Waals surface area contributed by atoms with Crippen molar-refractivity contribution in [2.24, 2.45) is 0 Å². The summed E-state index contributed by atoms with van der Waals surface area (Å²) in [4.78, 5) is 24.2. The summed E-state index contributed by atoms with van der Waals surface area (Å²) in [5.74, 6) is -0.992. The molecule has 2 unspecified atom stereocenters. The Morgan fingerprint density at radius 2 is 2.17 bits per heavy atom. The van der Waals surface area contributed by atoms with Crippen molar-refractivity contribution < 1.29 is 14.3 Å². The van der Waals surface area contributed by atoms with Crippen molar-refractivity contribution >= 4 is 46.2 Å². The smallest absolute Gasteiger partial charge is 0.322 e. The first-order chi connectivity index (χ1) is 10.7. The SMILES string of the molecule is CC1(C)SC(c2c(N)oc3ccc(Cl)cc3c2=O)NC1C(=O)O. The largest absolute Gasteiger partial charge is 0.480 e. The number of carbonyl (C=O) groups is 1. The van der Waals surface area contributed by atoms with Gasteiger partial charge < -0.3 is 15.3 Å². The number of rotatable bonds is 2. The molecule has 0 aliphatic carbocycles. The van der Waals surface area contributed by atoms with Crippen LogP contribution in [0.3, 0.4) is 0 Å². The van der Waals surface area contributed by atoms with Crippen LogP contribution in [0, 0.1) is 0 Å². The maximum Gasteiger partial charge on any atom is 0.322 e. The summed E-state index contributed by atoms with van der Waals surface area (Å²) < 4.78 is 4.92. The molecule has 1 fully saturated rings. The van der Waals surface area contributed by atoms with Gasteiger partial charge >= 0.3 is 5.97 Å². The van der Waals surface area contributed by atoms with Crippen molar-refractivity contribution in [2.45, 2.75) is 30.0 Å². The van der Waals surface area contributed by atoms with E-state index in [1.54, 1.807) is 26.0 Å². The molecule has 1 aromatic heterocycles. The van der Waals surface area contributed by atoms with Crippen molar-refractivity contribution in [2.75, 3.05) is 5.73 Å². The summed E-state index contributed by atoms with van der Waals surface area (Å²) in [6, 6.07) is 3.91. The summed E-state index contributed by atoms with van der Waals surface area (Å²) in [5.41, 5.74) is 6.18. The second-order valence-corrected chi connectivity index (χ2v) is 8.08. The number of fused-ring (bicyclic) bond motifs is 1. The van der Waals surface area contributed by atoms with E-state index in [4.69, 9.17) is 21.8 Å². The first kappa shape index (κ1) is 16.2. The fraction of sp³-hybridized carbons (Fsp3) is 0.333. The first-order valence-corrected chi connectivity index (χ1v) is 8.15. The number of benzene rings is 1. The van der Waals surface area contributed by atoms with E-state index in [1.807, 2.05) is 0 Å². The van der Waals surface area contributed by atoms with Gasteiger partial charge in [-0.15, -0.1) is 11.8 Å². The Kier molecular flexibility index (Phi) is 3.82. The zero-order chi connectivity index (χ0) is 16.9. The van der Waals surface area contributed by atoms with E-state index < -0.39 is 22.1 Å². The third-order valence-electron chi connectivity index (χ3n) is 3.86. The lowest BCUT2D eigenvalue weighted by molar-refractivity contribution is -0.139. The normalized spacial score (nSPS) is 23.3. The van der Waals surface area contributed by atoms with E-state index in [2.05, 4.69) is 5.32 Å². The van der Waals surface area contributed by atoms with Crippen molar-refractivity contribution in [3.8, 4) is 0 Å². The van der Waals surface area contributed by atoms with E-state index in [1.165, 1.54) is 17.8 Å². The molecule has 0 radical (unpaired) electrons. The summed E-state index contributed by atoms with van der Waals surface area (Å²) >= 11 is 7.28. The molecular weight excluding hydrogens is 340 g/mol. The molecule has 1 aliphatic heterocycles. The number of hydrogen-bond donors (Lipinski definition) is 3. The van der Waals surface area contributed by atoms with E-state index in [-0.39, 0.29) is 16.9 Å². The van der Waals surface area contributed by atoms with Crippen LogP contribution >= 0.6 is 23.4 Å². The first-order valence-electron chi connectivity index (χ1n) is 6.89. The Balaban J connectivity index is 2.14. The molecule has 122 valence electrons. The molecular formula is C15H15ClN2O4S. The van der Waals surface area contributed by atoms with Gasteiger partial charge in [0.2, 0.25) is 11.3 Å². The lowest BCUT2D eigenvalue weighted by Gasteiger charge is -2.20. The Morgan fingerprint density at radius 3 is 2.78 bits per heavy atom. The third kappa shape index (κ3) is 2.69. The van der Waals surface area contributed by atoms with E-state index in [0.717, 1.165) is 0 Å². The Morgan fingerprint density at radius 1 is 1.48 bits per heavy atom. The number of anilines is 1. The number of halogens is 1. The van der Waals surface area contributed by atoms with Gasteiger partial charge in [-0.25, -0.2) is 0 Å². The Hall–Kier alpha value is -1.70. The van der Waals surface area contributed by atoms with E-state index >= 15 is 0 Å². The fourth-order valence-corrected chi connectivity index (χ4v) is 4.35. The number of thioether (sulfide) groups is 1. The third-order valence-corrected chi connectivity index (χ3v) is 5.55. The second-order valence-electron chi connectivity index (χ2n) is 5.89. The summed E-state index contributed by atoms with van der Waals surface area (Å²) in [7, 11) is 0. The van der Waals surface area contributed by atoms with Crippen molar-refractivity contribution in [1.82, 2.24) is 5.32 Å². The average Bonchev–Trinajstić information content (AvgIpc) is 2.75. The number of hydrogen-bond acceptors (Lipinski definition) is 6. The maximum absolute atomic E-state index is 12.8. The molecule has 0 saturated carbocycles. The molecule has 3 rings (SSSR count). The summed E-state index contributed by atoms with van der Waals surface area (Å²) in [6.45, 7) is 3.61. The van der Waals surface area contributed by atoms with Crippen LogP contribution in [0.25, 0.3) is 11.0 Å². The van der Waals surface area contributed by atoms with Gasteiger partial charge in [0, 0.05) is 9.77 Å². The molecule has 2 aromatic rings. The van der Waals surface area contributed by atoms with E-state index in [9.17, 15) is 14.7 Å². The van der Waals surface area contributed by atoms with Crippen molar-refractivity contribution in [3.05, 3.63) is 39.0 Å². The topological polar surface area (TPSA) is 106 Å². The summed E-state index contributed by atoms with van der Waals surface area (Å²) in [6.07, 6.45) is 0. The number of nitrogen functional groups attached to an aromatic ring is 1. The van der Waals surface area contributed by atoms with Gasteiger partial charge in [-0.1, -0.05) is 11.6 Å². The number of nitrogens with one attached hydrogen (secondary N) is 1. The fourth-order valence-electron chi connectivity index (χ4n) is 2.72. The maximum atomic E-state index is 12.8. The number of nitrogens with two attached hydrogens (primary N) is 1. The molecule has 8 heteroatoms. The molecule has 0 spiro atoms. The monoisotopic (exact) mass is 354 g/mol. The minimum atomic E-state index is -0.975. The van der Waals surface area contributed by atoms with Gasteiger partial charge in [-0.05, 0) is 32.0 Å². The van der Waals surface area contributed by atoms with Crippen LogP contribution < -0.4 is 16.5 Å². The van der Waals surface area contributed by atoms with E-state index in [0.29, 0.717) is 16.0 Å². The van der Waals surface area contributed by atoms with Crippen LogP contribution in [0.2, 0.25) is 5.02 Å². The predicted molar refractivity (Wildman–Crippen MR) is 90.9 cm³/mol. The molecule has 4 N–H and O–H groups in total. The zero-order valence-electron chi connectivity index (χ0n) is 12.4. The lowest BCUT2D eigenvalue weighted by Crippen LogP contribution is -2.44. The van der Waals surface area contributed by atoms with Gasteiger partial charge in [-0.2, -0.15) is 0 Å². The average molecular weight is 355 g/mol. The van der Waals surface area contributed by atoms with Crippen LogP contribution in [0.4, 0.5) is 5.88 Å². The van der Waals surface area contributed by atoms with Gasteiger partial charge in [0.25, 0.3) is 0 Å². The second kappa shape index (κ2) is 5.43. The highest BCUT2D eigenvalue weighted by Crippen LogP contribution is 2.46. The van der Waals surface area contributed by atoms with Crippen LogP contribution in [0.15, 0.2) is 27.4 Å². The van der Waals surface area contributed by atoms with Crippen LogP contribution in [-0.4, -0.2) is 21.9 Å². The number of carboxylic acid groups (broad SMARTS) is 1. The lowest BCUT2D eigenvalue weighted by atomic mass is 10.0. The minimum absolute atomic E-state index is 0.0170. The van der Waals surface area contributed by atoms with Gasteiger partial charge in [-0.3, -0.25) is 14.9 Å². The molecule has 23 heavy (non-hydrogen) atoms. The highest BCUT2D eigenvalue weighted by Gasteiger charge is 2.47. The van der Waals surface area contributed by atoms with Crippen LogP contribution in [-0.2, 0) is 4.79 Å². The molecule has 0 bridgehead atoms. The van der Waals surface area contributed by atoms with Gasteiger partial charge in [0.05, 0.1) is 16.3 Å². The number of carboxylic acids is 1. The highest BCUT2D eigenvalue weighted by molar-refractivity contribution is 8.01. The molecule has 2 heterocycles. The Labute approximate surface area is 141 Å². The van der Waals surface area contributed by atoms with Crippen molar-refractivity contribution in [1.29, 1.82) is 0 Å². The van der Waals surface area contributed by atoms with Gasteiger partial charge in [0.15, 0.2) is 0 Å². The zero-order valence-corrected chi connectivity index (χ0v) is 14.0. The standard InChI is InChI=1S/C15H15ClN2O4S/c1-15(2)11(14(20)21)18-13(23-15)9-10(19)7-5-6(16)3-4-8(7)22-12(9)17/h3-5,11,13,18H,17H2,1-2H3,(H,20,21). The molecule has 2 atom stereocenters. The molecule has 0 amide bonds. The molecule has 6 nitrogen and oxygen atoms in total. The molecule has 1 aromatic carbocycles. The quantitative estimate of drug-likeness (QED) is 0.761. The molecule has 1 saturated heterocycles. The Bertz CT molecular complexity index is 864.